The highest BCUT2D eigenvalue weighted by Crippen LogP contribution is 2.24. The second-order valence-corrected chi connectivity index (χ2v) is 3.85. The Morgan fingerprint density at radius 1 is 1.67 bits per heavy atom. The second kappa shape index (κ2) is 5.23. The summed E-state index contributed by atoms with van der Waals surface area (Å²) in [6, 6.07) is 3.14. The lowest BCUT2D eigenvalue weighted by atomic mass is 10.1. The number of aliphatic carboxylic acids is 1. The summed E-state index contributed by atoms with van der Waals surface area (Å²) in [6.07, 6.45) is 0. The van der Waals surface area contributed by atoms with E-state index in [0.29, 0.717) is 16.6 Å². The van der Waals surface area contributed by atoms with E-state index in [0.717, 1.165) is 0 Å². The molecule has 0 radical (unpaired) electrons. The van der Waals surface area contributed by atoms with Crippen molar-refractivity contribution in [3.63, 3.8) is 0 Å². The van der Waals surface area contributed by atoms with Crippen LogP contribution < -0.4 is 5.32 Å². The third kappa shape index (κ3) is 3.00. The maximum absolute atomic E-state index is 12.8. The first kappa shape index (κ1) is 12.1. The summed E-state index contributed by atoms with van der Waals surface area (Å²) < 4.78 is 13.3. The van der Waals surface area contributed by atoms with Gasteiger partial charge in [0.05, 0.1) is 0 Å². The molecule has 1 aromatic carbocycles. The molecule has 1 rings (SSSR count). The maximum Gasteiger partial charge on any atom is 0.325 e. The first-order valence-corrected chi connectivity index (χ1v) is 5.26. The molecule has 1 unspecified atom stereocenters. The fourth-order valence-corrected chi connectivity index (χ4v) is 1.85. The van der Waals surface area contributed by atoms with Crippen LogP contribution in [0.3, 0.4) is 0 Å². The van der Waals surface area contributed by atoms with E-state index in [1.54, 1.807) is 0 Å². The average molecular weight is 276 g/mol. The van der Waals surface area contributed by atoms with Gasteiger partial charge in [0.1, 0.15) is 11.9 Å². The summed E-state index contributed by atoms with van der Waals surface area (Å²) in [5.41, 5.74) is 0.519. The lowest BCUT2D eigenvalue weighted by Gasteiger charge is -2.14. The minimum Gasteiger partial charge on any atom is -0.480 e. The zero-order valence-electron chi connectivity index (χ0n) is 8.13. The van der Waals surface area contributed by atoms with Crippen molar-refractivity contribution in [3.8, 4) is 0 Å². The highest BCUT2D eigenvalue weighted by molar-refractivity contribution is 9.10. The van der Waals surface area contributed by atoms with E-state index in [-0.39, 0.29) is 0 Å². The van der Waals surface area contributed by atoms with Gasteiger partial charge in [-0.1, -0.05) is 28.9 Å². The van der Waals surface area contributed by atoms with Crippen LogP contribution in [-0.4, -0.2) is 17.6 Å². The summed E-state index contributed by atoms with van der Waals surface area (Å²) in [7, 11) is 0. The van der Waals surface area contributed by atoms with Crippen molar-refractivity contribution < 1.29 is 14.3 Å². The van der Waals surface area contributed by atoms with Gasteiger partial charge in [0.25, 0.3) is 0 Å². The third-order valence-corrected chi connectivity index (χ3v) is 2.62. The number of carboxylic acid groups (broad SMARTS) is 1. The summed E-state index contributed by atoms with van der Waals surface area (Å²) >= 11 is 3.14. The number of rotatable bonds is 4. The SMILES string of the molecule is CCNC(C(=O)O)c1ccc(F)cc1Br. The molecule has 2 N–H and O–H groups in total. The van der Waals surface area contributed by atoms with Crippen LogP contribution in [0.4, 0.5) is 4.39 Å². The fraction of sp³-hybridized carbons (Fsp3) is 0.300. The predicted octanol–water partition coefficient (Wildman–Crippen LogP) is 2.32. The lowest BCUT2D eigenvalue weighted by Crippen LogP contribution is -2.28. The molecule has 0 bridgehead atoms. The van der Waals surface area contributed by atoms with E-state index in [9.17, 15) is 9.18 Å². The van der Waals surface area contributed by atoms with Crippen molar-refractivity contribution in [3.05, 3.63) is 34.1 Å². The molecule has 82 valence electrons. The van der Waals surface area contributed by atoms with Gasteiger partial charge in [-0.25, -0.2) is 4.39 Å². The highest BCUT2D eigenvalue weighted by atomic mass is 79.9. The summed E-state index contributed by atoms with van der Waals surface area (Å²) in [5, 5.41) is 11.8. The smallest absolute Gasteiger partial charge is 0.325 e. The van der Waals surface area contributed by atoms with Crippen LogP contribution in [-0.2, 0) is 4.79 Å². The highest BCUT2D eigenvalue weighted by Gasteiger charge is 2.20. The molecule has 5 heteroatoms. The number of likely N-dealkylation sites (N-methyl/N-ethyl adjacent to an activating group) is 1. The van der Waals surface area contributed by atoms with E-state index in [2.05, 4.69) is 21.2 Å². The first-order valence-electron chi connectivity index (χ1n) is 4.47. The molecule has 0 aromatic heterocycles. The Balaban J connectivity index is 3.05. The van der Waals surface area contributed by atoms with Crippen molar-refractivity contribution in [2.45, 2.75) is 13.0 Å². The number of carboxylic acids is 1. The van der Waals surface area contributed by atoms with E-state index >= 15 is 0 Å². The normalized spacial score (nSPS) is 12.5. The van der Waals surface area contributed by atoms with E-state index in [4.69, 9.17) is 5.11 Å². The zero-order valence-corrected chi connectivity index (χ0v) is 9.71. The molecule has 0 saturated heterocycles. The topological polar surface area (TPSA) is 49.3 Å². The van der Waals surface area contributed by atoms with Crippen molar-refractivity contribution in [2.75, 3.05) is 6.54 Å². The minimum atomic E-state index is -0.982. The standard InChI is InChI=1S/C10H11BrFNO2/c1-2-13-9(10(14)15)7-4-3-6(12)5-8(7)11/h3-5,9,13H,2H2,1H3,(H,14,15). The Kier molecular flexibility index (Phi) is 4.23. The second-order valence-electron chi connectivity index (χ2n) is 2.99. The fourth-order valence-electron chi connectivity index (χ4n) is 1.27. The average Bonchev–Trinajstić information content (AvgIpc) is 2.15. The number of hydrogen-bond acceptors (Lipinski definition) is 2. The number of nitrogens with one attached hydrogen (secondary N) is 1. The lowest BCUT2D eigenvalue weighted by molar-refractivity contribution is -0.139. The van der Waals surface area contributed by atoms with E-state index < -0.39 is 17.8 Å². The van der Waals surface area contributed by atoms with Gasteiger partial charge in [-0.05, 0) is 24.2 Å². The molecule has 0 aliphatic carbocycles. The van der Waals surface area contributed by atoms with Crippen LogP contribution in [0.5, 0.6) is 0 Å². The Morgan fingerprint density at radius 2 is 2.33 bits per heavy atom. The molecule has 0 spiro atoms. The van der Waals surface area contributed by atoms with Crippen LogP contribution >= 0.6 is 15.9 Å². The van der Waals surface area contributed by atoms with Crippen LogP contribution in [0, 0.1) is 5.82 Å². The van der Waals surface area contributed by atoms with Gasteiger partial charge in [-0.15, -0.1) is 0 Å². The molecule has 15 heavy (non-hydrogen) atoms. The monoisotopic (exact) mass is 275 g/mol. The zero-order chi connectivity index (χ0) is 11.4. The van der Waals surface area contributed by atoms with Crippen LogP contribution in [0.1, 0.15) is 18.5 Å². The molecule has 0 heterocycles. The molecule has 1 atom stereocenters. The van der Waals surface area contributed by atoms with E-state index in [1.807, 2.05) is 6.92 Å². The molecule has 0 aliphatic rings. The maximum atomic E-state index is 12.8. The van der Waals surface area contributed by atoms with Gasteiger partial charge in [-0.3, -0.25) is 4.79 Å². The van der Waals surface area contributed by atoms with Crippen molar-refractivity contribution >= 4 is 21.9 Å². The van der Waals surface area contributed by atoms with Crippen LogP contribution in [0.15, 0.2) is 22.7 Å². The molecule has 0 fully saturated rings. The van der Waals surface area contributed by atoms with Crippen LogP contribution in [0.25, 0.3) is 0 Å². The Labute approximate surface area is 95.4 Å². The van der Waals surface area contributed by atoms with Gasteiger partial charge < -0.3 is 10.4 Å². The van der Waals surface area contributed by atoms with Gasteiger partial charge in [0, 0.05) is 4.47 Å². The van der Waals surface area contributed by atoms with Gasteiger partial charge >= 0.3 is 5.97 Å². The van der Waals surface area contributed by atoms with Crippen LogP contribution in [0.2, 0.25) is 0 Å². The number of halogens is 2. The van der Waals surface area contributed by atoms with Crippen molar-refractivity contribution in [1.82, 2.24) is 5.32 Å². The van der Waals surface area contributed by atoms with Gasteiger partial charge in [-0.2, -0.15) is 0 Å². The quantitative estimate of drug-likeness (QED) is 0.887. The first-order chi connectivity index (χ1) is 7.06. The Morgan fingerprint density at radius 3 is 2.80 bits per heavy atom. The minimum absolute atomic E-state index is 0.397. The Hall–Kier alpha value is -0.940. The van der Waals surface area contributed by atoms with Gasteiger partial charge in [0.15, 0.2) is 0 Å². The summed E-state index contributed by atoms with van der Waals surface area (Å²) in [5.74, 6) is -1.38. The molecule has 1 aromatic rings. The van der Waals surface area contributed by atoms with Crippen molar-refractivity contribution in [2.24, 2.45) is 0 Å². The molecule has 0 amide bonds. The van der Waals surface area contributed by atoms with Crippen molar-refractivity contribution in [1.29, 1.82) is 0 Å². The molecule has 3 nitrogen and oxygen atoms in total. The summed E-state index contributed by atoms with van der Waals surface area (Å²) in [4.78, 5) is 10.9. The summed E-state index contributed by atoms with van der Waals surface area (Å²) in [6.45, 7) is 2.34. The van der Waals surface area contributed by atoms with E-state index in [1.165, 1.54) is 18.2 Å². The molecule has 0 aliphatic heterocycles. The predicted molar refractivity (Wildman–Crippen MR) is 58.2 cm³/mol. The molecular weight excluding hydrogens is 265 g/mol. The molecular formula is C10H11BrFNO2. The largest absolute Gasteiger partial charge is 0.480 e. The number of hydrogen-bond donors (Lipinski definition) is 2. The number of carbonyl (C=O) groups is 1. The Bertz CT molecular complexity index is 370. The number of benzene rings is 1. The van der Waals surface area contributed by atoms with Gasteiger partial charge in [0.2, 0.25) is 0 Å². The molecule has 0 saturated carbocycles. The third-order valence-electron chi connectivity index (χ3n) is 1.93.